The van der Waals surface area contributed by atoms with E-state index in [-0.39, 0.29) is 6.04 Å². The SMILES string of the molecule is COc1cc(Br)ccc1C(N)c1cc(Br)sc1Br. The molecule has 0 radical (unpaired) electrons. The monoisotopic (exact) mass is 453 g/mol. The van der Waals surface area contributed by atoms with Gasteiger partial charge in [0.05, 0.1) is 20.7 Å². The second-order valence-electron chi connectivity index (χ2n) is 3.64. The Bertz CT molecular complexity index is 570. The summed E-state index contributed by atoms with van der Waals surface area (Å²) in [7, 11) is 1.65. The Kier molecular flexibility index (Phi) is 4.88. The Balaban J connectivity index is 2.45. The number of rotatable bonds is 3. The summed E-state index contributed by atoms with van der Waals surface area (Å²) in [4.78, 5) is 0. The fourth-order valence-corrected chi connectivity index (χ4v) is 4.94. The average Bonchev–Trinajstić information content (AvgIpc) is 2.67. The molecule has 1 aromatic heterocycles. The highest BCUT2D eigenvalue weighted by molar-refractivity contribution is 9.12. The molecule has 2 N–H and O–H groups in total. The molecule has 0 saturated heterocycles. The summed E-state index contributed by atoms with van der Waals surface area (Å²) in [6.45, 7) is 0. The van der Waals surface area contributed by atoms with Crippen LogP contribution in [0, 0.1) is 0 Å². The Morgan fingerprint density at radius 3 is 2.44 bits per heavy atom. The van der Waals surface area contributed by atoms with Gasteiger partial charge in [-0.05, 0) is 55.6 Å². The minimum atomic E-state index is -0.218. The van der Waals surface area contributed by atoms with Gasteiger partial charge in [-0.15, -0.1) is 11.3 Å². The Morgan fingerprint density at radius 2 is 1.89 bits per heavy atom. The molecule has 0 saturated carbocycles. The fraction of sp³-hybridized carbons (Fsp3) is 0.167. The van der Waals surface area contributed by atoms with Crippen molar-refractivity contribution in [3.05, 3.63) is 47.4 Å². The topological polar surface area (TPSA) is 35.2 Å². The zero-order valence-electron chi connectivity index (χ0n) is 9.41. The van der Waals surface area contributed by atoms with Gasteiger partial charge in [0, 0.05) is 10.0 Å². The first-order valence-electron chi connectivity index (χ1n) is 5.06. The van der Waals surface area contributed by atoms with Crippen molar-refractivity contribution in [3.8, 4) is 5.75 Å². The molecule has 0 aliphatic carbocycles. The molecule has 0 aliphatic rings. The first kappa shape index (κ1) is 14.5. The van der Waals surface area contributed by atoms with Crippen molar-refractivity contribution in [2.75, 3.05) is 7.11 Å². The number of thiophene rings is 1. The minimum Gasteiger partial charge on any atom is -0.496 e. The molecule has 0 bridgehead atoms. The molecule has 1 unspecified atom stereocenters. The third-order valence-corrected chi connectivity index (χ3v) is 5.43. The van der Waals surface area contributed by atoms with E-state index in [1.165, 1.54) is 0 Å². The summed E-state index contributed by atoms with van der Waals surface area (Å²) in [5.74, 6) is 0.783. The molecule has 0 fully saturated rings. The predicted molar refractivity (Wildman–Crippen MR) is 86.4 cm³/mol. The number of halogens is 3. The lowest BCUT2D eigenvalue weighted by molar-refractivity contribution is 0.407. The van der Waals surface area contributed by atoms with Gasteiger partial charge in [0.2, 0.25) is 0 Å². The maximum atomic E-state index is 6.32. The Morgan fingerprint density at radius 1 is 1.17 bits per heavy atom. The standard InChI is InChI=1S/C12H10Br3NOS/c1-17-9-4-6(13)2-3-7(9)11(16)8-5-10(14)18-12(8)15/h2-5,11H,16H2,1H3. The second-order valence-corrected chi connectivity index (χ2v) is 8.31. The number of hydrogen-bond acceptors (Lipinski definition) is 3. The molecule has 1 heterocycles. The molecule has 2 nitrogen and oxygen atoms in total. The normalized spacial score (nSPS) is 12.5. The summed E-state index contributed by atoms with van der Waals surface area (Å²) in [6, 6.07) is 7.68. The van der Waals surface area contributed by atoms with Crippen molar-refractivity contribution in [3.63, 3.8) is 0 Å². The smallest absolute Gasteiger partial charge is 0.125 e. The van der Waals surface area contributed by atoms with E-state index >= 15 is 0 Å². The van der Waals surface area contributed by atoms with E-state index in [0.717, 1.165) is 28.9 Å². The fourth-order valence-electron chi connectivity index (χ4n) is 1.67. The third-order valence-electron chi connectivity index (χ3n) is 2.55. The highest BCUT2D eigenvalue weighted by Crippen LogP contribution is 2.39. The zero-order chi connectivity index (χ0) is 13.3. The maximum absolute atomic E-state index is 6.32. The molecule has 2 rings (SSSR count). The van der Waals surface area contributed by atoms with Crippen LogP contribution >= 0.6 is 59.1 Å². The number of methoxy groups -OCH3 is 1. The first-order chi connectivity index (χ1) is 8.52. The number of hydrogen-bond donors (Lipinski definition) is 1. The van der Waals surface area contributed by atoms with E-state index in [4.69, 9.17) is 10.5 Å². The molecular weight excluding hydrogens is 446 g/mol. The molecule has 96 valence electrons. The van der Waals surface area contributed by atoms with Gasteiger partial charge in [0.1, 0.15) is 5.75 Å². The van der Waals surface area contributed by atoms with Gasteiger partial charge >= 0.3 is 0 Å². The van der Waals surface area contributed by atoms with Crippen molar-refractivity contribution in [1.29, 1.82) is 0 Å². The van der Waals surface area contributed by atoms with Gasteiger partial charge in [-0.3, -0.25) is 0 Å². The molecular formula is C12H10Br3NOS. The van der Waals surface area contributed by atoms with Crippen LogP contribution in [0.5, 0.6) is 5.75 Å². The van der Waals surface area contributed by atoms with E-state index in [1.54, 1.807) is 18.4 Å². The van der Waals surface area contributed by atoms with Crippen LogP contribution in [0.25, 0.3) is 0 Å². The van der Waals surface area contributed by atoms with Gasteiger partial charge < -0.3 is 10.5 Å². The van der Waals surface area contributed by atoms with Crippen LogP contribution in [-0.2, 0) is 0 Å². The highest BCUT2D eigenvalue weighted by atomic mass is 79.9. The molecule has 0 aliphatic heterocycles. The van der Waals surface area contributed by atoms with Gasteiger partial charge in [0.25, 0.3) is 0 Å². The van der Waals surface area contributed by atoms with Crippen LogP contribution in [0.15, 0.2) is 36.3 Å². The summed E-state index contributed by atoms with van der Waals surface area (Å²) < 4.78 is 8.44. The van der Waals surface area contributed by atoms with Gasteiger partial charge in [0.15, 0.2) is 0 Å². The van der Waals surface area contributed by atoms with Crippen LogP contribution in [0.4, 0.5) is 0 Å². The number of ether oxygens (including phenoxy) is 1. The summed E-state index contributed by atoms with van der Waals surface area (Å²) >= 11 is 12.0. The lowest BCUT2D eigenvalue weighted by atomic mass is 10.0. The predicted octanol–water partition coefficient (Wildman–Crippen LogP) is 5.09. The van der Waals surface area contributed by atoms with Gasteiger partial charge in [-0.1, -0.05) is 22.0 Å². The maximum Gasteiger partial charge on any atom is 0.125 e. The van der Waals surface area contributed by atoms with Crippen molar-refractivity contribution >= 4 is 59.1 Å². The molecule has 18 heavy (non-hydrogen) atoms. The average molecular weight is 456 g/mol. The number of nitrogens with two attached hydrogens (primary N) is 1. The summed E-state index contributed by atoms with van der Waals surface area (Å²) in [5.41, 5.74) is 8.33. The first-order valence-corrected chi connectivity index (χ1v) is 8.26. The molecule has 0 spiro atoms. The van der Waals surface area contributed by atoms with E-state index in [9.17, 15) is 0 Å². The quantitative estimate of drug-likeness (QED) is 0.699. The van der Waals surface area contributed by atoms with Crippen molar-refractivity contribution in [2.45, 2.75) is 6.04 Å². The lowest BCUT2D eigenvalue weighted by Crippen LogP contribution is -2.12. The van der Waals surface area contributed by atoms with Crippen LogP contribution in [-0.4, -0.2) is 7.11 Å². The summed E-state index contributed by atoms with van der Waals surface area (Å²) in [6.07, 6.45) is 0. The molecule has 2 aromatic rings. The Hall–Kier alpha value is 0.120. The van der Waals surface area contributed by atoms with Crippen LogP contribution in [0.1, 0.15) is 17.2 Å². The molecule has 1 atom stereocenters. The molecule has 0 amide bonds. The van der Waals surface area contributed by atoms with E-state index in [1.807, 2.05) is 24.3 Å². The molecule has 1 aromatic carbocycles. The van der Waals surface area contributed by atoms with E-state index in [2.05, 4.69) is 47.8 Å². The largest absolute Gasteiger partial charge is 0.496 e. The Labute approximate surface area is 135 Å². The molecule has 6 heteroatoms. The minimum absolute atomic E-state index is 0.218. The van der Waals surface area contributed by atoms with Crippen molar-refractivity contribution in [2.24, 2.45) is 5.73 Å². The number of benzene rings is 1. The van der Waals surface area contributed by atoms with Crippen LogP contribution in [0.2, 0.25) is 0 Å². The van der Waals surface area contributed by atoms with Crippen molar-refractivity contribution < 1.29 is 4.74 Å². The van der Waals surface area contributed by atoms with Crippen LogP contribution < -0.4 is 10.5 Å². The van der Waals surface area contributed by atoms with E-state index < -0.39 is 0 Å². The second kappa shape index (κ2) is 6.05. The third kappa shape index (κ3) is 2.99. The zero-order valence-corrected chi connectivity index (χ0v) is 15.0. The lowest BCUT2D eigenvalue weighted by Gasteiger charge is -2.15. The van der Waals surface area contributed by atoms with Gasteiger partial charge in [-0.2, -0.15) is 0 Å². The van der Waals surface area contributed by atoms with Gasteiger partial charge in [-0.25, -0.2) is 0 Å². The van der Waals surface area contributed by atoms with E-state index in [0.29, 0.717) is 0 Å². The van der Waals surface area contributed by atoms with Crippen molar-refractivity contribution in [1.82, 2.24) is 0 Å². The summed E-state index contributed by atoms with van der Waals surface area (Å²) in [5, 5.41) is 0. The van der Waals surface area contributed by atoms with Crippen LogP contribution in [0.3, 0.4) is 0 Å². The highest BCUT2D eigenvalue weighted by Gasteiger charge is 2.18.